The molecule has 144 valence electrons. The summed E-state index contributed by atoms with van der Waals surface area (Å²) in [5.74, 6) is -1.44. The highest BCUT2D eigenvalue weighted by Crippen LogP contribution is 2.27. The number of halogens is 1. The summed E-state index contributed by atoms with van der Waals surface area (Å²) in [6, 6.07) is 7.01. The van der Waals surface area contributed by atoms with Gasteiger partial charge < -0.3 is 9.72 Å². The van der Waals surface area contributed by atoms with E-state index in [0.29, 0.717) is 27.5 Å². The number of hydrogen-bond donors (Lipinski definition) is 1. The molecule has 1 atom stereocenters. The van der Waals surface area contributed by atoms with Crippen LogP contribution in [0.15, 0.2) is 24.3 Å². The molecular weight excluding hydrogens is 366 g/mol. The second kappa shape index (κ2) is 8.53. The van der Waals surface area contributed by atoms with Gasteiger partial charge >= 0.3 is 5.97 Å². The molecule has 1 aromatic carbocycles. The van der Waals surface area contributed by atoms with Crippen LogP contribution < -0.4 is 0 Å². The van der Waals surface area contributed by atoms with Crippen molar-refractivity contribution in [2.24, 2.45) is 5.92 Å². The molecule has 0 saturated heterocycles. The van der Waals surface area contributed by atoms with Gasteiger partial charge in [-0.15, -0.1) is 0 Å². The van der Waals surface area contributed by atoms with E-state index in [1.54, 1.807) is 38.1 Å². The number of Topliss-reactive ketones (excluding diaryl/α,β-unsaturated/α-hetero) is 2. The molecule has 6 heteroatoms. The number of ketones is 2. The summed E-state index contributed by atoms with van der Waals surface area (Å²) >= 11 is 5.91. The van der Waals surface area contributed by atoms with Crippen LogP contribution in [0, 0.1) is 19.8 Å². The maximum Gasteiger partial charge on any atom is 0.314 e. The molecule has 2 rings (SSSR count). The fourth-order valence-corrected chi connectivity index (χ4v) is 3.44. The Labute approximate surface area is 164 Å². The van der Waals surface area contributed by atoms with E-state index in [2.05, 4.69) is 4.98 Å². The van der Waals surface area contributed by atoms with Gasteiger partial charge in [0.05, 0.1) is 11.6 Å². The third-order valence-electron chi connectivity index (χ3n) is 4.56. The number of esters is 1. The van der Waals surface area contributed by atoms with Crippen molar-refractivity contribution in [1.82, 2.24) is 4.98 Å². The van der Waals surface area contributed by atoms with Gasteiger partial charge in [-0.25, -0.2) is 0 Å². The lowest BCUT2D eigenvalue weighted by atomic mass is 9.88. The summed E-state index contributed by atoms with van der Waals surface area (Å²) in [7, 11) is 0. The number of benzene rings is 1. The zero-order valence-electron chi connectivity index (χ0n) is 16.2. The Morgan fingerprint density at radius 1 is 1.11 bits per heavy atom. The first-order valence-electron chi connectivity index (χ1n) is 8.78. The Balaban J connectivity index is 2.13. The van der Waals surface area contributed by atoms with Crippen molar-refractivity contribution in [3.8, 4) is 0 Å². The highest BCUT2D eigenvalue weighted by atomic mass is 35.5. The SMILES string of the molecule is CC(=O)c1c(C)[nH]c(C(=O)COC(=O)[C@@H](c2ccc(Cl)cc2)C(C)C)c1C. The summed E-state index contributed by atoms with van der Waals surface area (Å²) < 4.78 is 5.30. The quantitative estimate of drug-likeness (QED) is 0.552. The van der Waals surface area contributed by atoms with Crippen molar-refractivity contribution in [3.63, 3.8) is 0 Å². The molecule has 0 saturated carbocycles. The van der Waals surface area contributed by atoms with Crippen LogP contribution in [0.4, 0.5) is 0 Å². The topological polar surface area (TPSA) is 76.2 Å². The van der Waals surface area contributed by atoms with Gasteiger partial charge in [-0.2, -0.15) is 0 Å². The molecule has 0 fully saturated rings. The summed E-state index contributed by atoms with van der Waals surface area (Å²) in [6.07, 6.45) is 0. The lowest BCUT2D eigenvalue weighted by Crippen LogP contribution is -2.24. The standard InChI is InChI=1S/C21H24ClNO4/c1-11(2)18(15-6-8-16(22)9-7-15)21(26)27-10-17(25)20-12(3)19(14(5)24)13(4)23-20/h6-9,11,18,23H,10H2,1-5H3/t18-/m1/s1. The Morgan fingerprint density at radius 2 is 1.70 bits per heavy atom. The van der Waals surface area contributed by atoms with E-state index in [0.717, 1.165) is 5.56 Å². The molecular formula is C21H24ClNO4. The van der Waals surface area contributed by atoms with Crippen LogP contribution in [-0.2, 0) is 9.53 Å². The Morgan fingerprint density at radius 3 is 2.19 bits per heavy atom. The number of nitrogens with one attached hydrogen (secondary N) is 1. The maximum atomic E-state index is 12.6. The largest absolute Gasteiger partial charge is 0.457 e. The van der Waals surface area contributed by atoms with Crippen LogP contribution in [0.1, 0.15) is 64.4 Å². The molecule has 2 aromatic rings. The van der Waals surface area contributed by atoms with E-state index in [1.807, 2.05) is 13.8 Å². The minimum Gasteiger partial charge on any atom is -0.457 e. The second-order valence-corrected chi connectivity index (χ2v) is 7.42. The number of ether oxygens (including phenoxy) is 1. The highest BCUT2D eigenvalue weighted by Gasteiger charge is 2.27. The van der Waals surface area contributed by atoms with E-state index >= 15 is 0 Å². The molecule has 0 aliphatic carbocycles. The zero-order valence-corrected chi connectivity index (χ0v) is 16.9. The van der Waals surface area contributed by atoms with E-state index < -0.39 is 11.9 Å². The van der Waals surface area contributed by atoms with Crippen LogP contribution in [0.2, 0.25) is 5.02 Å². The fraction of sp³-hybridized carbons (Fsp3) is 0.381. The molecule has 0 bridgehead atoms. The molecule has 0 spiro atoms. The van der Waals surface area contributed by atoms with Crippen LogP contribution in [0.5, 0.6) is 0 Å². The molecule has 1 aromatic heterocycles. The van der Waals surface area contributed by atoms with Gasteiger partial charge in [-0.3, -0.25) is 14.4 Å². The zero-order chi connectivity index (χ0) is 20.3. The van der Waals surface area contributed by atoms with Crippen molar-refractivity contribution in [2.45, 2.75) is 40.5 Å². The van der Waals surface area contributed by atoms with E-state index in [4.69, 9.17) is 16.3 Å². The summed E-state index contributed by atoms with van der Waals surface area (Å²) in [6.45, 7) is 8.35. The van der Waals surface area contributed by atoms with Gasteiger partial charge in [0.25, 0.3) is 0 Å². The van der Waals surface area contributed by atoms with Gasteiger partial charge in [0.2, 0.25) is 5.78 Å². The average molecular weight is 390 g/mol. The first-order valence-corrected chi connectivity index (χ1v) is 9.16. The molecule has 0 amide bonds. The molecule has 27 heavy (non-hydrogen) atoms. The number of carbonyl (C=O) groups excluding carboxylic acids is 3. The number of H-pyrrole nitrogens is 1. The van der Waals surface area contributed by atoms with E-state index in [1.165, 1.54) is 6.92 Å². The predicted octanol–water partition coefficient (Wildman–Crippen LogP) is 4.65. The third-order valence-corrected chi connectivity index (χ3v) is 4.82. The first kappa shape index (κ1) is 20.9. The van der Waals surface area contributed by atoms with Gasteiger partial charge in [-0.05, 0) is 49.9 Å². The molecule has 1 heterocycles. The Hall–Kier alpha value is -2.40. The number of aryl methyl sites for hydroxylation is 1. The third kappa shape index (κ3) is 4.66. The normalized spacial score (nSPS) is 12.1. The monoisotopic (exact) mass is 389 g/mol. The summed E-state index contributed by atoms with van der Waals surface area (Å²) in [5.41, 5.74) is 2.82. The molecule has 0 unspecified atom stereocenters. The number of hydrogen-bond acceptors (Lipinski definition) is 4. The van der Waals surface area contributed by atoms with Crippen LogP contribution in [0.25, 0.3) is 0 Å². The van der Waals surface area contributed by atoms with Crippen LogP contribution >= 0.6 is 11.6 Å². The van der Waals surface area contributed by atoms with E-state index in [-0.39, 0.29) is 24.1 Å². The van der Waals surface area contributed by atoms with Crippen molar-refractivity contribution in [2.75, 3.05) is 6.61 Å². The average Bonchev–Trinajstić information content (AvgIpc) is 2.89. The van der Waals surface area contributed by atoms with Crippen molar-refractivity contribution in [3.05, 3.63) is 57.4 Å². The molecule has 0 aliphatic rings. The predicted molar refractivity (Wildman–Crippen MR) is 105 cm³/mol. The summed E-state index contributed by atoms with van der Waals surface area (Å²) in [4.78, 5) is 39.7. The molecule has 5 nitrogen and oxygen atoms in total. The Kier molecular flexibility index (Phi) is 6.60. The smallest absolute Gasteiger partial charge is 0.314 e. The first-order chi connectivity index (χ1) is 12.6. The van der Waals surface area contributed by atoms with Crippen molar-refractivity contribution >= 4 is 29.1 Å². The number of carbonyl (C=O) groups is 3. The summed E-state index contributed by atoms with van der Waals surface area (Å²) in [5, 5.41) is 0.587. The molecule has 0 radical (unpaired) electrons. The molecule has 1 N–H and O–H groups in total. The van der Waals surface area contributed by atoms with Crippen molar-refractivity contribution < 1.29 is 19.1 Å². The van der Waals surface area contributed by atoms with Crippen molar-refractivity contribution in [1.29, 1.82) is 0 Å². The van der Waals surface area contributed by atoms with Gasteiger partial charge in [0.15, 0.2) is 12.4 Å². The van der Waals surface area contributed by atoms with Gasteiger partial charge in [0.1, 0.15) is 0 Å². The Bertz CT molecular complexity index is 865. The van der Waals surface area contributed by atoms with Crippen LogP contribution in [0.3, 0.4) is 0 Å². The number of aromatic nitrogens is 1. The molecule has 0 aliphatic heterocycles. The van der Waals surface area contributed by atoms with Crippen LogP contribution in [-0.4, -0.2) is 29.1 Å². The number of rotatable bonds is 7. The lowest BCUT2D eigenvalue weighted by molar-refractivity contribution is -0.145. The van der Waals surface area contributed by atoms with Gasteiger partial charge in [-0.1, -0.05) is 37.6 Å². The van der Waals surface area contributed by atoms with Gasteiger partial charge in [0, 0.05) is 16.3 Å². The number of aromatic amines is 1. The van der Waals surface area contributed by atoms with E-state index in [9.17, 15) is 14.4 Å². The minimum atomic E-state index is -0.491. The minimum absolute atomic E-state index is 0.00689. The second-order valence-electron chi connectivity index (χ2n) is 6.99. The highest BCUT2D eigenvalue weighted by molar-refractivity contribution is 6.30. The fourth-order valence-electron chi connectivity index (χ4n) is 3.32. The lowest BCUT2D eigenvalue weighted by Gasteiger charge is -2.19. The maximum absolute atomic E-state index is 12.6.